The topological polar surface area (TPSA) is 43.5 Å². The molecule has 0 radical (unpaired) electrons. The lowest BCUT2D eigenvalue weighted by Gasteiger charge is -2.24. The first-order valence-corrected chi connectivity index (χ1v) is 24.8. The number of rotatable bonds is 31. The van der Waals surface area contributed by atoms with Gasteiger partial charge in [-0.25, -0.2) is 0 Å². The zero-order valence-electron chi connectivity index (χ0n) is 33.8. The predicted octanol–water partition coefficient (Wildman–Crippen LogP) is 14.0. The Balaban J connectivity index is 0.997. The van der Waals surface area contributed by atoms with Crippen LogP contribution < -0.4 is 14.4 Å². The fraction of sp³-hybridized carbons (Fsp3) is 0.625. The van der Waals surface area contributed by atoms with Crippen LogP contribution in [0.1, 0.15) is 166 Å². The fourth-order valence-corrected chi connectivity index (χ4v) is 10.3. The average Bonchev–Trinajstić information content (AvgIpc) is 4.12. The van der Waals surface area contributed by atoms with Crippen molar-refractivity contribution >= 4 is 23.6 Å². The Bertz CT molecular complexity index is 1500. The zero-order chi connectivity index (χ0) is 37.7. The molecule has 0 aromatic heterocycles. The van der Waals surface area contributed by atoms with Crippen molar-refractivity contribution in [1.29, 1.82) is 0 Å². The van der Waals surface area contributed by atoms with Crippen molar-refractivity contribution in [2.45, 2.75) is 192 Å². The smallest absolute Gasteiger partial charge is 0.319 e. The number of hydrogen-bond donors (Lipinski definition) is 0. The summed E-state index contributed by atoms with van der Waals surface area (Å²) in [4.78, 5) is 0. The molecule has 54 heavy (non-hydrogen) atoms. The molecular formula is C48H71O4PS. The molecule has 0 aliphatic carbocycles. The van der Waals surface area contributed by atoms with Gasteiger partial charge in [0.05, 0.1) is 17.5 Å². The maximum atomic E-state index is 6.68. The third-order valence-corrected chi connectivity index (χ3v) is 14.2. The van der Waals surface area contributed by atoms with Gasteiger partial charge in [-0.1, -0.05) is 172 Å². The molecule has 3 aromatic carbocycles. The first-order valence-electron chi connectivity index (χ1n) is 22.1. The van der Waals surface area contributed by atoms with Gasteiger partial charge in [0.15, 0.2) is 0 Å². The summed E-state index contributed by atoms with van der Waals surface area (Å²) < 4.78 is 25.2. The maximum Gasteiger partial charge on any atom is 0.319 e. The summed E-state index contributed by atoms with van der Waals surface area (Å²) in [7, 11) is 0. The van der Waals surface area contributed by atoms with Crippen molar-refractivity contribution in [3.8, 4) is 11.5 Å². The average molecular weight is 775 g/mol. The van der Waals surface area contributed by atoms with Crippen molar-refractivity contribution in [2.24, 2.45) is 0 Å². The molecule has 5 atom stereocenters. The monoisotopic (exact) mass is 774 g/mol. The highest BCUT2D eigenvalue weighted by atomic mass is 32.5. The van der Waals surface area contributed by atoms with Crippen LogP contribution >= 0.6 is 6.49 Å². The zero-order valence-corrected chi connectivity index (χ0v) is 35.5. The van der Waals surface area contributed by atoms with Crippen LogP contribution in [0.15, 0.2) is 78.9 Å². The Morgan fingerprint density at radius 2 is 0.907 bits per heavy atom. The Kier molecular flexibility index (Phi) is 19.5. The minimum absolute atomic E-state index is 0.383. The van der Waals surface area contributed by atoms with E-state index in [0.717, 1.165) is 29.6 Å². The van der Waals surface area contributed by atoms with E-state index in [4.69, 9.17) is 30.3 Å². The largest absolute Gasteiger partial charge is 0.432 e. The molecule has 2 saturated heterocycles. The fourth-order valence-electron chi connectivity index (χ4n) is 7.84. The van der Waals surface area contributed by atoms with Crippen LogP contribution in [-0.2, 0) is 34.1 Å². The van der Waals surface area contributed by atoms with Gasteiger partial charge in [-0.3, -0.25) is 0 Å². The Labute approximate surface area is 334 Å². The van der Waals surface area contributed by atoms with E-state index in [1.807, 2.05) is 42.5 Å². The second-order valence-electron chi connectivity index (χ2n) is 16.0. The highest BCUT2D eigenvalue weighted by Crippen LogP contribution is 2.48. The summed E-state index contributed by atoms with van der Waals surface area (Å²) in [5, 5.41) is 0.927. The summed E-state index contributed by atoms with van der Waals surface area (Å²) >= 11 is 6.28. The molecule has 0 amide bonds. The molecule has 2 heterocycles. The molecule has 2 fully saturated rings. The molecule has 0 saturated carbocycles. The summed E-state index contributed by atoms with van der Waals surface area (Å²) in [6.45, 7) is 1.67. The summed E-state index contributed by atoms with van der Waals surface area (Å²) in [5.41, 5.74) is 2.60. The summed E-state index contributed by atoms with van der Waals surface area (Å²) in [6.07, 6.45) is 32.8. The lowest BCUT2D eigenvalue weighted by molar-refractivity contribution is 0.303. The quantitative estimate of drug-likeness (QED) is 0.0370. The van der Waals surface area contributed by atoms with Gasteiger partial charge in [0.1, 0.15) is 23.7 Å². The van der Waals surface area contributed by atoms with E-state index in [0.29, 0.717) is 24.4 Å². The molecule has 0 spiro atoms. The normalized spacial score (nSPS) is 20.0. The Morgan fingerprint density at radius 3 is 1.39 bits per heavy atom. The molecule has 2 aliphatic heterocycles. The van der Waals surface area contributed by atoms with E-state index in [1.54, 1.807) is 0 Å². The molecule has 5 rings (SSSR count). The molecule has 0 bridgehead atoms. The number of hydrogen-bond acceptors (Lipinski definition) is 5. The first-order chi connectivity index (χ1) is 26.6. The predicted molar refractivity (Wildman–Crippen MR) is 232 cm³/mol. The highest BCUT2D eigenvalue weighted by molar-refractivity contribution is 8.13. The number of ether oxygens (including phenoxy) is 2. The van der Waals surface area contributed by atoms with Crippen molar-refractivity contribution in [1.82, 2.24) is 0 Å². The third kappa shape index (κ3) is 15.8. The highest BCUT2D eigenvalue weighted by Gasteiger charge is 2.56. The standard InChI is InChI=1S/C48H71O4PS/c1-3-5-7-8-9-10-11-12-13-14-15-17-21-28-40-30-26-32-42(38-40)51-53(54,44-34-23-20-24-35-44)52-43-33-27-31-41(39-43)29-22-18-16-19-25-37-46-48(50-46)47-45(49-47)36-6-4-2/h20,23-24,26-27,30-35,38-39,45-48H,3-19,21-22,25,28-29,36-37H2,1-2H3. The van der Waals surface area contributed by atoms with E-state index < -0.39 is 6.49 Å². The maximum absolute atomic E-state index is 6.68. The van der Waals surface area contributed by atoms with Gasteiger partial charge in [0.2, 0.25) is 0 Å². The second-order valence-corrected chi connectivity index (χ2v) is 19.3. The molecule has 3 aromatic rings. The van der Waals surface area contributed by atoms with E-state index in [1.165, 1.54) is 152 Å². The summed E-state index contributed by atoms with van der Waals surface area (Å²) in [6, 6.07) is 27.1. The first kappa shape index (κ1) is 43.0. The van der Waals surface area contributed by atoms with Gasteiger partial charge in [-0.2, -0.15) is 0 Å². The van der Waals surface area contributed by atoms with Crippen molar-refractivity contribution < 1.29 is 18.5 Å². The Hall–Kier alpha value is -2.17. The lowest BCUT2D eigenvalue weighted by atomic mass is 10.0. The number of unbranched alkanes of at least 4 members (excludes halogenated alkanes) is 17. The Morgan fingerprint density at radius 1 is 0.481 bits per heavy atom. The van der Waals surface area contributed by atoms with Gasteiger partial charge >= 0.3 is 6.49 Å². The minimum Gasteiger partial charge on any atom is -0.432 e. The van der Waals surface area contributed by atoms with Crippen LogP contribution in [0.2, 0.25) is 0 Å². The molecule has 298 valence electrons. The van der Waals surface area contributed by atoms with Crippen LogP contribution in [0.4, 0.5) is 0 Å². The molecule has 4 nitrogen and oxygen atoms in total. The van der Waals surface area contributed by atoms with Crippen LogP contribution in [0, 0.1) is 0 Å². The van der Waals surface area contributed by atoms with Gasteiger partial charge in [-0.05, 0) is 97.9 Å². The van der Waals surface area contributed by atoms with Crippen LogP contribution in [0.3, 0.4) is 0 Å². The van der Waals surface area contributed by atoms with E-state index >= 15 is 0 Å². The van der Waals surface area contributed by atoms with Gasteiger partial charge in [0, 0.05) is 0 Å². The van der Waals surface area contributed by atoms with Crippen molar-refractivity contribution in [3.63, 3.8) is 0 Å². The van der Waals surface area contributed by atoms with Crippen molar-refractivity contribution in [3.05, 3.63) is 90.0 Å². The van der Waals surface area contributed by atoms with E-state index in [-0.39, 0.29) is 0 Å². The third-order valence-electron chi connectivity index (χ3n) is 11.3. The summed E-state index contributed by atoms with van der Waals surface area (Å²) in [5.74, 6) is 1.59. The molecule has 0 N–H and O–H groups in total. The number of benzene rings is 3. The second kappa shape index (κ2) is 24.5. The SMILES string of the molecule is CCCCCCCCCCCCCCCc1cccc(OP(=S)(Oc2cccc(CCCCCCCC3OC3C3OC3CCCC)c2)c2ccccc2)c1. The molecule has 2 aliphatic rings. The lowest BCUT2D eigenvalue weighted by Crippen LogP contribution is -2.14. The van der Waals surface area contributed by atoms with E-state index in [9.17, 15) is 0 Å². The van der Waals surface area contributed by atoms with Crippen LogP contribution in [-0.4, -0.2) is 24.4 Å². The number of aryl methyl sites for hydroxylation is 2. The molecule has 5 unspecified atom stereocenters. The van der Waals surface area contributed by atoms with Crippen LogP contribution in [0.5, 0.6) is 11.5 Å². The van der Waals surface area contributed by atoms with Crippen LogP contribution in [0.25, 0.3) is 0 Å². The van der Waals surface area contributed by atoms with Gasteiger partial charge in [-0.15, -0.1) is 0 Å². The minimum atomic E-state index is -2.86. The number of epoxide rings is 2. The van der Waals surface area contributed by atoms with Crippen molar-refractivity contribution in [2.75, 3.05) is 0 Å². The molecular weight excluding hydrogens is 704 g/mol. The molecule has 6 heteroatoms. The van der Waals surface area contributed by atoms with E-state index in [2.05, 4.69) is 50.2 Å². The van der Waals surface area contributed by atoms with Gasteiger partial charge in [0.25, 0.3) is 0 Å². The van der Waals surface area contributed by atoms with Gasteiger partial charge < -0.3 is 18.5 Å².